The maximum absolute atomic E-state index is 12.2. The molecule has 1 fully saturated rings. The number of hydrogen-bond acceptors (Lipinski definition) is 7. The number of carbonyl (C=O) groups excluding carboxylic acids is 1. The van der Waals surface area contributed by atoms with Crippen LogP contribution in [0.25, 0.3) is 22.3 Å². The summed E-state index contributed by atoms with van der Waals surface area (Å²) in [6.45, 7) is 3.05. The second kappa shape index (κ2) is 10.3. The van der Waals surface area contributed by atoms with Gasteiger partial charge in [0.05, 0.1) is 24.1 Å². The first kappa shape index (κ1) is 23.7. The van der Waals surface area contributed by atoms with Crippen molar-refractivity contribution in [2.45, 2.75) is 38.3 Å². The third kappa shape index (κ3) is 4.87. The Labute approximate surface area is 209 Å². The molecule has 0 radical (unpaired) electrons. The van der Waals surface area contributed by atoms with E-state index >= 15 is 0 Å². The van der Waals surface area contributed by atoms with Gasteiger partial charge in [-0.3, -0.25) is 4.79 Å². The minimum Gasteiger partial charge on any atom is -0.457 e. The van der Waals surface area contributed by atoms with E-state index in [1.54, 1.807) is 4.90 Å². The molecule has 2 N–H and O–H groups in total. The highest BCUT2D eigenvalue weighted by Crippen LogP contribution is 2.35. The summed E-state index contributed by atoms with van der Waals surface area (Å²) in [6.07, 6.45) is 3.51. The van der Waals surface area contributed by atoms with Gasteiger partial charge in [0, 0.05) is 32.0 Å². The van der Waals surface area contributed by atoms with Crippen molar-refractivity contribution in [3.05, 3.63) is 60.9 Å². The minimum atomic E-state index is -0.0582. The summed E-state index contributed by atoms with van der Waals surface area (Å²) in [6, 6.07) is 17.4. The third-order valence-electron chi connectivity index (χ3n) is 6.40. The summed E-state index contributed by atoms with van der Waals surface area (Å²) >= 11 is 0. The average molecular weight is 487 g/mol. The van der Waals surface area contributed by atoms with Gasteiger partial charge in [0.15, 0.2) is 5.65 Å². The Morgan fingerprint density at radius 3 is 2.64 bits per heavy atom. The molecule has 2 aromatic carbocycles. The topological polar surface area (TPSA) is 108 Å². The number of carbonyl (C=O) groups is 1. The van der Waals surface area contributed by atoms with Crippen LogP contribution in [0.2, 0.25) is 0 Å². The zero-order valence-corrected chi connectivity index (χ0v) is 20.5. The normalized spacial score (nSPS) is 17.4. The van der Waals surface area contributed by atoms with Crippen LogP contribution in [0.5, 0.6) is 11.5 Å². The van der Waals surface area contributed by atoms with Crippen molar-refractivity contribution >= 4 is 22.8 Å². The predicted octanol–water partition coefficient (Wildman–Crippen LogP) is 4.46. The lowest BCUT2D eigenvalue weighted by atomic mass is 10.1. The van der Waals surface area contributed by atoms with E-state index in [1.807, 2.05) is 73.3 Å². The van der Waals surface area contributed by atoms with Crippen molar-refractivity contribution in [1.82, 2.24) is 24.6 Å². The molecule has 1 saturated heterocycles. The van der Waals surface area contributed by atoms with E-state index in [2.05, 4.69) is 9.97 Å². The zero-order chi connectivity index (χ0) is 25.1. The summed E-state index contributed by atoms with van der Waals surface area (Å²) in [7, 11) is 1.83. The molecule has 3 heterocycles. The van der Waals surface area contributed by atoms with Crippen molar-refractivity contribution in [2.75, 3.05) is 25.9 Å². The van der Waals surface area contributed by atoms with E-state index in [0.717, 1.165) is 29.9 Å². The van der Waals surface area contributed by atoms with Crippen LogP contribution in [0.1, 0.15) is 32.2 Å². The number of ether oxygens (including phenoxy) is 2. The third-order valence-corrected chi connectivity index (χ3v) is 6.40. The largest absolute Gasteiger partial charge is 0.457 e. The smallest absolute Gasteiger partial charge is 0.222 e. The van der Waals surface area contributed by atoms with Gasteiger partial charge in [0.1, 0.15) is 29.3 Å². The Kier molecular flexibility index (Phi) is 6.81. The second-order valence-electron chi connectivity index (χ2n) is 9.06. The highest BCUT2D eigenvalue weighted by Gasteiger charge is 2.31. The van der Waals surface area contributed by atoms with Crippen molar-refractivity contribution in [3.63, 3.8) is 0 Å². The molecule has 1 aliphatic heterocycles. The maximum Gasteiger partial charge on any atom is 0.222 e. The van der Waals surface area contributed by atoms with Crippen molar-refractivity contribution < 1.29 is 14.3 Å². The van der Waals surface area contributed by atoms with Gasteiger partial charge in [0.25, 0.3) is 0 Å². The molecule has 9 heteroatoms. The second-order valence-corrected chi connectivity index (χ2v) is 9.06. The minimum absolute atomic E-state index is 0.0177. The van der Waals surface area contributed by atoms with Gasteiger partial charge in [-0.05, 0) is 42.8 Å². The summed E-state index contributed by atoms with van der Waals surface area (Å²) < 4.78 is 13.9. The first-order chi connectivity index (χ1) is 17.5. The lowest BCUT2D eigenvalue weighted by molar-refractivity contribution is -0.131. The Hall–Kier alpha value is -3.98. The molecule has 2 atom stereocenters. The summed E-state index contributed by atoms with van der Waals surface area (Å²) in [4.78, 5) is 22.7. The number of benzene rings is 2. The average Bonchev–Trinajstić information content (AvgIpc) is 3.51. The Balaban J connectivity index is 1.39. The number of anilines is 1. The molecule has 186 valence electrons. The standard InChI is InChI=1S/C27H30N6O3/c1-3-7-23(34)32(2)15-22-14-19(16-35-22)33-27-24(26(28)29-17-30-27)25(31-33)18-10-12-21(13-11-18)36-20-8-5-4-6-9-20/h4-6,8-13,17,19,22H,3,7,14-16H2,1-2H3,(H2,28,29,30). The van der Waals surface area contributed by atoms with Crippen LogP contribution >= 0.6 is 0 Å². The van der Waals surface area contributed by atoms with Gasteiger partial charge >= 0.3 is 0 Å². The van der Waals surface area contributed by atoms with Crippen LogP contribution in [0.15, 0.2) is 60.9 Å². The van der Waals surface area contributed by atoms with Gasteiger partial charge in [-0.2, -0.15) is 5.10 Å². The molecule has 1 amide bonds. The van der Waals surface area contributed by atoms with Gasteiger partial charge in [0.2, 0.25) is 5.91 Å². The quantitative estimate of drug-likeness (QED) is 0.392. The van der Waals surface area contributed by atoms with Crippen LogP contribution in [-0.2, 0) is 9.53 Å². The first-order valence-electron chi connectivity index (χ1n) is 12.2. The number of amides is 1. The van der Waals surface area contributed by atoms with Crippen LogP contribution in [0.3, 0.4) is 0 Å². The monoisotopic (exact) mass is 486 g/mol. The molecule has 0 bridgehead atoms. The van der Waals surface area contributed by atoms with Crippen LogP contribution in [0.4, 0.5) is 5.82 Å². The lowest BCUT2D eigenvalue weighted by Gasteiger charge is -2.20. The predicted molar refractivity (Wildman–Crippen MR) is 138 cm³/mol. The first-order valence-corrected chi connectivity index (χ1v) is 12.2. The molecule has 0 aliphatic carbocycles. The van der Waals surface area contributed by atoms with Crippen LogP contribution in [-0.4, -0.2) is 56.9 Å². The van der Waals surface area contributed by atoms with E-state index in [0.29, 0.717) is 42.1 Å². The number of hydrogen-bond donors (Lipinski definition) is 1. The molecular weight excluding hydrogens is 456 g/mol. The summed E-state index contributed by atoms with van der Waals surface area (Å²) in [5, 5.41) is 5.64. The molecular formula is C27H30N6O3. The van der Waals surface area contributed by atoms with E-state index in [9.17, 15) is 4.79 Å². The van der Waals surface area contributed by atoms with Gasteiger partial charge in [-0.1, -0.05) is 25.1 Å². The van der Waals surface area contributed by atoms with E-state index < -0.39 is 0 Å². The SMILES string of the molecule is CCCC(=O)N(C)CC1CC(n2nc(-c3ccc(Oc4ccccc4)cc3)c3c(N)ncnc32)CO1. The molecule has 2 aromatic heterocycles. The van der Waals surface area contributed by atoms with Crippen LogP contribution < -0.4 is 10.5 Å². The number of likely N-dealkylation sites (N-methyl/N-ethyl adjacent to an activating group) is 1. The van der Waals surface area contributed by atoms with Gasteiger partial charge in [-0.25, -0.2) is 14.6 Å². The van der Waals surface area contributed by atoms with E-state index in [-0.39, 0.29) is 18.1 Å². The molecule has 1 aliphatic rings. The highest BCUT2D eigenvalue weighted by atomic mass is 16.5. The molecule has 4 aromatic rings. The van der Waals surface area contributed by atoms with Crippen molar-refractivity contribution in [1.29, 1.82) is 0 Å². The Morgan fingerprint density at radius 2 is 1.89 bits per heavy atom. The van der Waals surface area contributed by atoms with E-state index in [4.69, 9.17) is 20.3 Å². The van der Waals surface area contributed by atoms with Gasteiger partial charge in [-0.15, -0.1) is 0 Å². The molecule has 0 saturated carbocycles. The zero-order valence-electron chi connectivity index (χ0n) is 20.5. The number of nitrogens with two attached hydrogens (primary N) is 1. The Bertz CT molecular complexity index is 1340. The lowest BCUT2D eigenvalue weighted by Crippen LogP contribution is -2.33. The van der Waals surface area contributed by atoms with Gasteiger partial charge < -0.3 is 20.1 Å². The number of rotatable bonds is 8. The summed E-state index contributed by atoms with van der Waals surface area (Å²) in [5.74, 6) is 2.02. The molecule has 2 unspecified atom stereocenters. The molecule has 0 spiro atoms. The number of para-hydroxylation sites is 1. The van der Waals surface area contributed by atoms with Crippen molar-refractivity contribution in [2.24, 2.45) is 0 Å². The fourth-order valence-electron chi connectivity index (χ4n) is 4.55. The number of nitrogen functional groups attached to an aromatic ring is 1. The molecule has 9 nitrogen and oxygen atoms in total. The van der Waals surface area contributed by atoms with Crippen LogP contribution in [0, 0.1) is 0 Å². The maximum atomic E-state index is 12.2. The fraction of sp³-hybridized carbons (Fsp3) is 0.333. The number of aromatic nitrogens is 4. The highest BCUT2D eigenvalue weighted by molar-refractivity contribution is 5.98. The number of nitrogens with zero attached hydrogens (tertiary/aromatic N) is 5. The fourth-order valence-corrected chi connectivity index (χ4v) is 4.55. The van der Waals surface area contributed by atoms with Crippen molar-refractivity contribution in [3.8, 4) is 22.8 Å². The van der Waals surface area contributed by atoms with E-state index in [1.165, 1.54) is 6.33 Å². The summed E-state index contributed by atoms with van der Waals surface area (Å²) in [5.41, 5.74) is 8.57. The molecule has 36 heavy (non-hydrogen) atoms. The Morgan fingerprint density at radius 1 is 1.14 bits per heavy atom. The number of fused-ring (bicyclic) bond motifs is 1. The molecule has 5 rings (SSSR count).